The van der Waals surface area contributed by atoms with Crippen LogP contribution in [-0.2, 0) is 11.2 Å². The summed E-state index contributed by atoms with van der Waals surface area (Å²) in [5.41, 5.74) is 2.45. The predicted molar refractivity (Wildman–Crippen MR) is 67.8 cm³/mol. The van der Waals surface area contributed by atoms with Gasteiger partial charge in [0.1, 0.15) is 6.04 Å². The van der Waals surface area contributed by atoms with E-state index in [0.717, 1.165) is 24.2 Å². The van der Waals surface area contributed by atoms with E-state index in [0.29, 0.717) is 12.0 Å². The van der Waals surface area contributed by atoms with Crippen LogP contribution in [0, 0.1) is 0 Å². The summed E-state index contributed by atoms with van der Waals surface area (Å²) in [4.78, 5) is 23.0. The van der Waals surface area contributed by atoms with Crippen LogP contribution in [0.2, 0.25) is 0 Å². The lowest BCUT2D eigenvalue weighted by atomic mass is 10.1. The molecule has 3 N–H and O–H groups in total. The number of rotatable bonds is 4. The van der Waals surface area contributed by atoms with Crippen molar-refractivity contribution in [3.05, 3.63) is 29.3 Å². The van der Waals surface area contributed by atoms with Gasteiger partial charge in [-0.05, 0) is 24.5 Å². The fourth-order valence-electron chi connectivity index (χ4n) is 2.10. The third-order valence-corrected chi connectivity index (χ3v) is 3.10. The average molecular weight is 248 g/mol. The van der Waals surface area contributed by atoms with E-state index in [-0.39, 0.29) is 5.91 Å². The molecular weight excluding hydrogens is 232 g/mol. The van der Waals surface area contributed by atoms with E-state index in [1.165, 1.54) is 0 Å². The number of hydrogen-bond donors (Lipinski definition) is 3. The van der Waals surface area contributed by atoms with Crippen LogP contribution in [0.1, 0.15) is 29.3 Å². The van der Waals surface area contributed by atoms with Crippen molar-refractivity contribution in [2.45, 2.75) is 25.8 Å². The van der Waals surface area contributed by atoms with Gasteiger partial charge in [-0.1, -0.05) is 19.1 Å². The minimum absolute atomic E-state index is 0.337. The second-order valence-electron chi connectivity index (χ2n) is 4.29. The molecule has 0 bridgehead atoms. The Morgan fingerprint density at radius 2 is 2.28 bits per heavy atom. The van der Waals surface area contributed by atoms with Crippen LogP contribution >= 0.6 is 0 Å². The van der Waals surface area contributed by atoms with Crippen LogP contribution in [0.15, 0.2) is 18.2 Å². The zero-order chi connectivity index (χ0) is 13.1. The predicted octanol–water partition coefficient (Wildman–Crippen LogP) is 1.25. The molecule has 18 heavy (non-hydrogen) atoms. The molecule has 0 spiro atoms. The monoisotopic (exact) mass is 248 g/mol. The normalized spacial score (nSPS) is 14.5. The molecule has 1 aliphatic rings. The van der Waals surface area contributed by atoms with E-state index in [2.05, 4.69) is 10.6 Å². The number of carbonyl (C=O) groups is 2. The largest absolute Gasteiger partial charge is 0.480 e. The second-order valence-corrected chi connectivity index (χ2v) is 4.29. The highest BCUT2D eigenvalue weighted by Crippen LogP contribution is 2.26. The standard InChI is InChI=1S/C13H16N2O3/c1-2-10(13(17)18)15-12(16)9-5-3-4-8-6-7-14-11(8)9/h3-5,10,14H,2,6-7H2,1H3,(H,15,16)(H,17,18)/t10-/m1/s1. The molecule has 0 aliphatic carbocycles. The Kier molecular flexibility index (Phi) is 3.50. The fourth-order valence-corrected chi connectivity index (χ4v) is 2.10. The number of carboxylic acids is 1. The lowest BCUT2D eigenvalue weighted by Gasteiger charge is -2.14. The first kappa shape index (κ1) is 12.4. The number of carbonyl (C=O) groups excluding carboxylic acids is 1. The molecule has 0 saturated carbocycles. The van der Waals surface area contributed by atoms with Gasteiger partial charge in [-0.3, -0.25) is 4.79 Å². The maximum atomic E-state index is 12.1. The Labute approximate surface area is 105 Å². The van der Waals surface area contributed by atoms with Crippen LogP contribution in [0.4, 0.5) is 5.69 Å². The molecule has 0 saturated heterocycles. The van der Waals surface area contributed by atoms with Gasteiger partial charge in [0.05, 0.1) is 11.3 Å². The summed E-state index contributed by atoms with van der Waals surface area (Å²) in [6.07, 6.45) is 1.26. The molecule has 1 heterocycles. The van der Waals surface area contributed by atoms with Gasteiger partial charge in [0, 0.05) is 6.54 Å². The van der Waals surface area contributed by atoms with Crippen molar-refractivity contribution in [3.8, 4) is 0 Å². The zero-order valence-corrected chi connectivity index (χ0v) is 10.2. The minimum atomic E-state index is -1.01. The van der Waals surface area contributed by atoms with Gasteiger partial charge >= 0.3 is 5.97 Å². The summed E-state index contributed by atoms with van der Waals surface area (Å²) in [5, 5.41) is 14.6. The molecule has 1 aliphatic heterocycles. The molecule has 2 rings (SSSR count). The molecule has 0 unspecified atom stereocenters. The third kappa shape index (κ3) is 2.30. The molecular formula is C13H16N2O3. The van der Waals surface area contributed by atoms with Crippen molar-refractivity contribution in [1.29, 1.82) is 0 Å². The lowest BCUT2D eigenvalue weighted by molar-refractivity contribution is -0.139. The Morgan fingerprint density at radius 1 is 1.50 bits per heavy atom. The second kappa shape index (κ2) is 5.08. The number of amides is 1. The minimum Gasteiger partial charge on any atom is -0.480 e. The van der Waals surface area contributed by atoms with Crippen LogP contribution in [0.25, 0.3) is 0 Å². The maximum Gasteiger partial charge on any atom is 0.326 e. The van der Waals surface area contributed by atoms with Crippen molar-refractivity contribution >= 4 is 17.6 Å². The lowest BCUT2D eigenvalue weighted by Crippen LogP contribution is -2.40. The van der Waals surface area contributed by atoms with Crippen LogP contribution < -0.4 is 10.6 Å². The number of fused-ring (bicyclic) bond motifs is 1. The maximum absolute atomic E-state index is 12.1. The van der Waals surface area contributed by atoms with E-state index in [9.17, 15) is 9.59 Å². The Bertz CT molecular complexity index is 485. The molecule has 5 heteroatoms. The van der Waals surface area contributed by atoms with Gasteiger partial charge < -0.3 is 15.7 Å². The number of aliphatic carboxylic acids is 1. The quantitative estimate of drug-likeness (QED) is 0.749. The fraction of sp³-hybridized carbons (Fsp3) is 0.385. The van der Waals surface area contributed by atoms with Gasteiger partial charge in [-0.15, -0.1) is 0 Å². The topological polar surface area (TPSA) is 78.4 Å². The number of nitrogens with one attached hydrogen (secondary N) is 2. The highest BCUT2D eigenvalue weighted by atomic mass is 16.4. The molecule has 1 aromatic carbocycles. The highest BCUT2D eigenvalue weighted by Gasteiger charge is 2.22. The first-order valence-electron chi connectivity index (χ1n) is 6.03. The van der Waals surface area contributed by atoms with Gasteiger partial charge in [-0.2, -0.15) is 0 Å². The van der Waals surface area contributed by atoms with Crippen molar-refractivity contribution < 1.29 is 14.7 Å². The van der Waals surface area contributed by atoms with Gasteiger partial charge in [-0.25, -0.2) is 4.79 Å². The number of hydrogen-bond acceptors (Lipinski definition) is 3. The third-order valence-electron chi connectivity index (χ3n) is 3.10. The number of carboxylic acid groups (broad SMARTS) is 1. The summed E-state index contributed by atoms with van der Waals surface area (Å²) in [6, 6.07) is 4.67. The van der Waals surface area contributed by atoms with Crippen LogP contribution in [0.3, 0.4) is 0 Å². The molecule has 0 radical (unpaired) electrons. The summed E-state index contributed by atoms with van der Waals surface area (Å²) in [6.45, 7) is 2.54. The molecule has 1 amide bonds. The molecule has 0 aromatic heterocycles. The van der Waals surface area contributed by atoms with E-state index < -0.39 is 12.0 Å². The Balaban J connectivity index is 2.19. The van der Waals surface area contributed by atoms with Gasteiger partial charge in [0.15, 0.2) is 0 Å². The summed E-state index contributed by atoms with van der Waals surface area (Å²) < 4.78 is 0. The highest BCUT2D eigenvalue weighted by molar-refractivity contribution is 6.02. The molecule has 0 fully saturated rings. The molecule has 1 atom stereocenters. The molecule has 96 valence electrons. The van der Waals surface area contributed by atoms with E-state index in [1.807, 2.05) is 12.1 Å². The van der Waals surface area contributed by atoms with E-state index in [4.69, 9.17) is 5.11 Å². The summed E-state index contributed by atoms with van der Waals surface area (Å²) >= 11 is 0. The van der Waals surface area contributed by atoms with Crippen molar-refractivity contribution in [3.63, 3.8) is 0 Å². The van der Waals surface area contributed by atoms with Crippen LogP contribution in [0.5, 0.6) is 0 Å². The Morgan fingerprint density at radius 3 is 2.94 bits per heavy atom. The first-order chi connectivity index (χ1) is 8.63. The summed E-state index contributed by atoms with van der Waals surface area (Å²) in [7, 11) is 0. The average Bonchev–Trinajstić information content (AvgIpc) is 2.82. The number of anilines is 1. The van der Waals surface area contributed by atoms with Crippen molar-refractivity contribution in [2.75, 3.05) is 11.9 Å². The van der Waals surface area contributed by atoms with E-state index in [1.54, 1.807) is 13.0 Å². The number of benzene rings is 1. The first-order valence-corrected chi connectivity index (χ1v) is 6.03. The van der Waals surface area contributed by atoms with Crippen molar-refractivity contribution in [1.82, 2.24) is 5.32 Å². The van der Waals surface area contributed by atoms with E-state index >= 15 is 0 Å². The summed E-state index contributed by atoms with van der Waals surface area (Å²) in [5.74, 6) is -1.35. The molecule has 5 nitrogen and oxygen atoms in total. The van der Waals surface area contributed by atoms with Crippen LogP contribution in [-0.4, -0.2) is 29.6 Å². The van der Waals surface area contributed by atoms with Gasteiger partial charge in [0.25, 0.3) is 5.91 Å². The smallest absolute Gasteiger partial charge is 0.326 e. The molecule has 1 aromatic rings. The number of para-hydroxylation sites is 1. The zero-order valence-electron chi connectivity index (χ0n) is 10.2. The SMILES string of the molecule is CC[C@@H](NC(=O)c1cccc2c1NCC2)C(=O)O. The van der Waals surface area contributed by atoms with Crippen molar-refractivity contribution in [2.24, 2.45) is 0 Å². The van der Waals surface area contributed by atoms with Gasteiger partial charge in [0.2, 0.25) is 0 Å². The Hall–Kier alpha value is -2.04.